The molecule has 0 radical (unpaired) electrons. The summed E-state index contributed by atoms with van der Waals surface area (Å²) in [5.74, 6) is 0.800. The third-order valence-electron chi connectivity index (χ3n) is 7.94. The van der Waals surface area contributed by atoms with E-state index in [1.165, 1.54) is 18.5 Å². The Balaban J connectivity index is 1.80. The molecule has 0 saturated heterocycles. The summed E-state index contributed by atoms with van der Waals surface area (Å²) in [7, 11) is 0. The van der Waals surface area contributed by atoms with E-state index < -0.39 is 17.7 Å². The summed E-state index contributed by atoms with van der Waals surface area (Å²) in [4.78, 5) is 21.8. The van der Waals surface area contributed by atoms with E-state index in [1.54, 1.807) is 13.0 Å². The molecule has 48 heavy (non-hydrogen) atoms. The normalized spacial score (nSPS) is 11.7. The molecule has 1 N–H and O–H groups in total. The fourth-order valence-corrected chi connectivity index (χ4v) is 5.43. The highest BCUT2D eigenvalue weighted by molar-refractivity contribution is 5.76. The number of carbonyl (C=O) groups is 1. The van der Waals surface area contributed by atoms with Crippen LogP contribution in [0.25, 0.3) is 11.1 Å². The van der Waals surface area contributed by atoms with Crippen molar-refractivity contribution >= 4 is 11.9 Å². The molecule has 0 aliphatic rings. The first-order valence-corrected chi connectivity index (χ1v) is 16.1. The molecule has 0 spiro atoms. The fraction of sp³-hybridized carbons (Fsp3) is 0.395. The SMILES string of the molecule is Cc1cc(CN(Cc2cc(C)c(C)cc2-c2cc(C(C)C)ccc2OC(C)C)c2ncc(OCCCC(=O)O)cn2)cc(C(F)(F)F)c1. The second kappa shape index (κ2) is 15.5. The molecule has 10 heteroatoms. The molecule has 0 amide bonds. The van der Waals surface area contributed by atoms with Crippen LogP contribution in [-0.2, 0) is 24.1 Å². The molecule has 1 heterocycles. The second-order valence-corrected chi connectivity index (χ2v) is 12.8. The molecule has 0 saturated carbocycles. The molecule has 4 aromatic rings. The maximum atomic E-state index is 13.8. The van der Waals surface area contributed by atoms with Gasteiger partial charge in [0.1, 0.15) is 5.75 Å². The molecule has 0 aliphatic carbocycles. The van der Waals surface area contributed by atoms with E-state index in [9.17, 15) is 18.0 Å². The van der Waals surface area contributed by atoms with E-state index in [2.05, 4.69) is 55.0 Å². The molecule has 0 aliphatic heterocycles. The molecule has 7 nitrogen and oxygen atoms in total. The Kier molecular flexibility index (Phi) is 11.7. The number of carboxylic acid groups (broad SMARTS) is 1. The first-order valence-electron chi connectivity index (χ1n) is 16.1. The van der Waals surface area contributed by atoms with Crippen LogP contribution in [0, 0.1) is 20.8 Å². The van der Waals surface area contributed by atoms with Crippen LogP contribution in [0.1, 0.15) is 85.4 Å². The summed E-state index contributed by atoms with van der Waals surface area (Å²) in [6.45, 7) is 14.6. The van der Waals surface area contributed by atoms with Crippen LogP contribution in [0.3, 0.4) is 0 Å². The van der Waals surface area contributed by atoms with Gasteiger partial charge >= 0.3 is 12.1 Å². The average Bonchev–Trinajstić information content (AvgIpc) is 3.00. The number of aromatic nitrogens is 2. The largest absolute Gasteiger partial charge is 0.490 e. The minimum absolute atomic E-state index is 0.0224. The van der Waals surface area contributed by atoms with Gasteiger partial charge in [-0.05, 0) is 105 Å². The third-order valence-corrected chi connectivity index (χ3v) is 7.94. The van der Waals surface area contributed by atoms with Gasteiger partial charge in [-0.1, -0.05) is 43.7 Å². The monoisotopic (exact) mass is 663 g/mol. The molecule has 0 bridgehead atoms. The van der Waals surface area contributed by atoms with Gasteiger partial charge in [-0.15, -0.1) is 0 Å². The van der Waals surface area contributed by atoms with Crippen LogP contribution in [0.5, 0.6) is 11.5 Å². The van der Waals surface area contributed by atoms with Crippen LogP contribution >= 0.6 is 0 Å². The maximum absolute atomic E-state index is 13.8. The predicted octanol–water partition coefficient (Wildman–Crippen LogP) is 9.45. The minimum Gasteiger partial charge on any atom is -0.490 e. The lowest BCUT2D eigenvalue weighted by Gasteiger charge is -2.26. The van der Waals surface area contributed by atoms with Crippen molar-refractivity contribution in [2.24, 2.45) is 0 Å². The van der Waals surface area contributed by atoms with E-state index in [1.807, 2.05) is 31.7 Å². The number of hydrogen-bond acceptors (Lipinski definition) is 6. The Bertz CT molecular complexity index is 1720. The highest BCUT2D eigenvalue weighted by Gasteiger charge is 2.31. The Morgan fingerprint density at radius 3 is 2.21 bits per heavy atom. The third kappa shape index (κ3) is 9.71. The van der Waals surface area contributed by atoms with E-state index in [0.29, 0.717) is 29.2 Å². The number of rotatable bonds is 14. The number of carboxylic acids is 1. The first kappa shape index (κ1) is 36.2. The Morgan fingerprint density at radius 2 is 1.58 bits per heavy atom. The summed E-state index contributed by atoms with van der Waals surface area (Å²) in [6, 6.07) is 14.5. The molecule has 1 aromatic heterocycles. The summed E-state index contributed by atoms with van der Waals surface area (Å²) < 4.78 is 53.4. The van der Waals surface area contributed by atoms with Gasteiger partial charge in [0.05, 0.1) is 30.7 Å². The number of hydrogen-bond donors (Lipinski definition) is 1. The van der Waals surface area contributed by atoms with E-state index in [-0.39, 0.29) is 38.1 Å². The van der Waals surface area contributed by atoms with Crippen molar-refractivity contribution in [2.45, 2.75) is 92.6 Å². The number of aryl methyl sites for hydroxylation is 3. The maximum Gasteiger partial charge on any atom is 0.416 e. The lowest BCUT2D eigenvalue weighted by Crippen LogP contribution is -2.25. The van der Waals surface area contributed by atoms with Gasteiger partial charge in [-0.2, -0.15) is 13.2 Å². The van der Waals surface area contributed by atoms with E-state index >= 15 is 0 Å². The van der Waals surface area contributed by atoms with Crippen molar-refractivity contribution in [1.29, 1.82) is 0 Å². The van der Waals surface area contributed by atoms with Crippen molar-refractivity contribution in [2.75, 3.05) is 11.5 Å². The van der Waals surface area contributed by atoms with Gasteiger partial charge in [0.2, 0.25) is 5.95 Å². The zero-order chi connectivity index (χ0) is 35.2. The lowest BCUT2D eigenvalue weighted by molar-refractivity contribution is -0.138. The standard InChI is InChI=1S/C38H44F3N3O4/c1-23(2)29-10-11-35(48-24(3)4)34(18-29)33-16-27(7)26(6)15-30(33)22-44(21-28-13-25(5)14-31(17-28)38(39,40)41)37-42-19-32(20-43-37)47-12-8-9-36(45)46/h10-11,13-20,23-24H,8-9,12,21-22H2,1-7H3,(H,45,46). The van der Waals surface area contributed by atoms with Gasteiger partial charge in [0, 0.05) is 25.1 Å². The average molecular weight is 664 g/mol. The van der Waals surface area contributed by atoms with Gasteiger partial charge in [-0.3, -0.25) is 4.79 Å². The molecule has 4 rings (SSSR count). The van der Waals surface area contributed by atoms with Gasteiger partial charge < -0.3 is 19.5 Å². The topological polar surface area (TPSA) is 84.8 Å². The number of halogens is 3. The number of anilines is 1. The molecule has 0 fully saturated rings. The smallest absolute Gasteiger partial charge is 0.416 e. The summed E-state index contributed by atoms with van der Waals surface area (Å²) in [5.41, 5.74) is 6.42. The number of aliphatic carboxylic acids is 1. The molecular formula is C38H44F3N3O4. The molecule has 256 valence electrons. The van der Waals surface area contributed by atoms with Crippen LogP contribution < -0.4 is 14.4 Å². The van der Waals surface area contributed by atoms with Gasteiger partial charge in [0.25, 0.3) is 0 Å². The number of ether oxygens (including phenoxy) is 2. The van der Waals surface area contributed by atoms with Crippen LogP contribution in [0.4, 0.5) is 19.1 Å². The molecular weight excluding hydrogens is 619 g/mol. The minimum atomic E-state index is -4.49. The van der Waals surface area contributed by atoms with E-state index in [0.717, 1.165) is 45.2 Å². The highest BCUT2D eigenvalue weighted by atomic mass is 19.4. The fourth-order valence-electron chi connectivity index (χ4n) is 5.43. The van der Waals surface area contributed by atoms with Crippen molar-refractivity contribution in [1.82, 2.24) is 9.97 Å². The number of alkyl halides is 3. The van der Waals surface area contributed by atoms with Gasteiger partial charge in [0.15, 0.2) is 5.75 Å². The summed E-state index contributed by atoms with van der Waals surface area (Å²) in [6.07, 6.45) is -1.25. The summed E-state index contributed by atoms with van der Waals surface area (Å²) in [5, 5.41) is 8.89. The van der Waals surface area contributed by atoms with E-state index in [4.69, 9.17) is 14.6 Å². The van der Waals surface area contributed by atoms with Crippen LogP contribution in [-0.4, -0.2) is 33.8 Å². The van der Waals surface area contributed by atoms with Crippen molar-refractivity contribution in [3.05, 3.63) is 99.9 Å². The Morgan fingerprint density at radius 1 is 0.896 bits per heavy atom. The van der Waals surface area contributed by atoms with Crippen molar-refractivity contribution in [3.63, 3.8) is 0 Å². The Hall–Kier alpha value is -4.60. The van der Waals surface area contributed by atoms with Crippen molar-refractivity contribution < 1.29 is 32.5 Å². The zero-order valence-corrected chi connectivity index (χ0v) is 28.6. The Labute approximate surface area is 280 Å². The summed E-state index contributed by atoms with van der Waals surface area (Å²) >= 11 is 0. The molecule has 3 aromatic carbocycles. The van der Waals surface area contributed by atoms with Crippen LogP contribution in [0.15, 0.2) is 60.9 Å². The number of nitrogens with zero attached hydrogens (tertiary/aromatic N) is 3. The quantitative estimate of drug-likeness (QED) is 0.135. The predicted molar refractivity (Wildman–Crippen MR) is 182 cm³/mol. The highest BCUT2D eigenvalue weighted by Crippen LogP contribution is 2.38. The lowest BCUT2D eigenvalue weighted by atomic mass is 9.91. The van der Waals surface area contributed by atoms with Crippen molar-refractivity contribution in [3.8, 4) is 22.6 Å². The molecule has 0 unspecified atom stereocenters. The number of benzene rings is 3. The zero-order valence-electron chi connectivity index (χ0n) is 28.6. The van der Waals surface area contributed by atoms with Crippen LogP contribution in [0.2, 0.25) is 0 Å². The molecule has 0 atom stereocenters. The second-order valence-electron chi connectivity index (χ2n) is 12.8. The first-order chi connectivity index (χ1) is 22.6. The van der Waals surface area contributed by atoms with Gasteiger partial charge in [-0.25, -0.2) is 9.97 Å².